The molecular weight excluding hydrogens is 144 g/mol. The fourth-order valence-electron chi connectivity index (χ4n) is 1.16. The van der Waals surface area contributed by atoms with E-state index in [2.05, 4.69) is 20.1 Å². The molecule has 0 unspecified atom stereocenters. The van der Waals surface area contributed by atoms with Gasteiger partial charge in [0.1, 0.15) is 0 Å². The molecule has 0 bridgehead atoms. The largest absolute Gasteiger partial charge is 0.103 e. The molecule has 0 fully saturated rings. The van der Waals surface area contributed by atoms with Gasteiger partial charge < -0.3 is 0 Å². The number of rotatable bonds is 8. The molecule has 12 heavy (non-hydrogen) atoms. The number of hydrogen-bond acceptors (Lipinski definition) is 0. The molecule has 0 rings (SSSR count). The van der Waals surface area contributed by atoms with Gasteiger partial charge in [0.2, 0.25) is 0 Å². The third kappa shape index (κ3) is 7.59. The molecule has 0 heterocycles. The van der Waals surface area contributed by atoms with E-state index < -0.39 is 0 Å². The Kier molecular flexibility index (Phi) is 8.20. The average Bonchev–Trinajstić information content (AvgIpc) is 2.09. The molecule has 0 aromatic rings. The topological polar surface area (TPSA) is 0 Å². The first kappa shape index (κ1) is 11.5. The van der Waals surface area contributed by atoms with Crippen LogP contribution in [0.15, 0.2) is 24.8 Å². The quantitative estimate of drug-likeness (QED) is 0.372. The second kappa shape index (κ2) is 8.58. The maximum Gasteiger partial charge on any atom is -0.0323 e. The molecule has 0 atom stereocenters. The normalized spacial score (nSPS) is 9.75. The van der Waals surface area contributed by atoms with Crippen molar-refractivity contribution in [1.82, 2.24) is 0 Å². The van der Waals surface area contributed by atoms with Crippen LogP contribution < -0.4 is 0 Å². The lowest BCUT2D eigenvalue weighted by atomic mass is 10.0. The summed E-state index contributed by atoms with van der Waals surface area (Å²) in [4.78, 5) is 0. The lowest BCUT2D eigenvalue weighted by molar-refractivity contribution is 0.705. The molecule has 0 amide bonds. The predicted molar refractivity (Wildman–Crippen MR) is 57.0 cm³/mol. The highest BCUT2D eigenvalue weighted by molar-refractivity contribution is 4.93. The Balaban J connectivity index is 3.13. The maximum absolute atomic E-state index is 4.04. The van der Waals surface area contributed by atoms with E-state index in [9.17, 15) is 0 Å². The first-order chi connectivity index (χ1) is 5.81. The minimum Gasteiger partial charge on any atom is -0.103 e. The monoisotopic (exact) mass is 165 g/mol. The third-order valence-corrected chi connectivity index (χ3v) is 1.97. The van der Waals surface area contributed by atoms with Crippen molar-refractivity contribution in [3.8, 4) is 0 Å². The molecule has 0 saturated carbocycles. The van der Waals surface area contributed by atoms with Gasteiger partial charge in [-0.05, 0) is 38.5 Å². The molecule has 1 radical (unpaired) electrons. The van der Waals surface area contributed by atoms with Crippen molar-refractivity contribution in [2.75, 3.05) is 0 Å². The predicted octanol–water partition coefficient (Wildman–Crippen LogP) is 4.29. The first-order valence-corrected chi connectivity index (χ1v) is 4.88. The summed E-state index contributed by atoms with van der Waals surface area (Å²) in [5, 5.41) is 0. The average molecular weight is 165 g/mol. The second-order valence-electron chi connectivity index (χ2n) is 3.24. The number of hydrogen-bond donors (Lipinski definition) is 0. The Bertz CT molecular complexity index is 122. The van der Waals surface area contributed by atoms with Crippen LogP contribution >= 0.6 is 0 Å². The molecular formula is C12H21. The fourth-order valence-corrected chi connectivity index (χ4v) is 1.16. The highest BCUT2D eigenvalue weighted by Gasteiger charge is 1.93. The van der Waals surface area contributed by atoms with Gasteiger partial charge in [0.25, 0.3) is 0 Å². The number of allylic oxidation sites excluding steroid dienone is 2. The summed E-state index contributed by atoms with van der Waals surface area (Å²) >= 11 is 0. The van der Waals surface area contributed by atoms with Crippen molar-refractivity contribution in [3.05, 3.63) is 31.7 Å². The van der Waals surface area contributed by atoms with Crippen LogP contribution in [0.3, 0.4) is 0 Å². The van der Waals surface area contributed by atoms with Crippen LogP contribution in [0, 0.1) is 6.92 Å². The Morgan fingerprint density at radius 3 is 2.33 bits per heavy atom. The summed E-state index contributed by atoms with van der Waals surface area (Å²) in [7, 11) is 0. The fraction of sp³-hybridized carbons (Fsp3) is 0.583. The van der Waals surface area contributed by atoms with Gasteiger partial charge in [0, 0.05) is 0 Å². The van der Waals surface area contributed by atoms with Gasteiger partial charge in [-0.2, -0.15) is 0 Å². The molecule has 0 spiro atoms. The standard InChI is InChI=1S/C12H21/c1-4-6-8-9-11-12(3)10-7-5-2/h4H,1-3,5-11H2. The van der Waals surface area contributed by atoms with Gasteiger partial charge >= 0.3 is 0 Å². The summed E-state index contributed by atoms with van der Waals surface area (Å²) in [5.41, 5.74) is 1.39. The molecule has 0 aromatic heterocycles. The van der Waals surface area contributed by atoms with Gasteiger partial charge in [-0.25, -0.2) is 0 Å². The van der Waals surface area contributed by atoms with E-state index in [1.807, 2.05) is 6.08 Å². The molecule has 0 aromatic carbocycles. The van der Waals surface area contributed by atoms with Crippen LogP contribution in [0.4, 0.5) is 0 Å². The van der Waals surface area contributed by atoms with Gasteiger partial charge in [-0.15, -0.1) is 6.58 Å². The number of unbranched alkanes of at least 4 members (excludes halogenated alkanes) is 3. The van der Waals surface area contributed by atoms with Crippen molar-refractivity contribution in [2.45, 2.75) is 44.9 Å². The molecule has 0 aliphatic rings. The molecule has 0 saturated heterocycles. The summed E-state index contributed by atoms with van der Waals surface area (Å²) in [6.45, 7) is 11.5. The van der Waals surface area contributed by atoms with E-state index >= 15 is 0 Å². The summed E-state index contributed by atoms with van der Waals surface area (Å²) in [6.07, 6.45) is 10.2. The van der Waals surface area contributed by atoms with Crippen molar-refractivity contribution in [3.63, 3.8) is 0 Å². The maximum atomic E-state index is 4.04. The lowest BCUT2D eigenvalue weighted by Crippen LogP contribution is -1.83. The van der Waals surface area contributed by atoms with Gasteiger partial charge in [0.05, 0.1) is 0 Å². The van der Waals surface area contributed by atoms with E-state index in [0.717, 1.165) is 19.3 Å². The zero-order valence-corrected chi connectivity index (χ0v) is 8.15. The molecule has 0 heteroatoms. The zero-order valence-electron chi connectivity index (χ0n) is 8.15. The van der Waals surface area contributed by atoms with E-state index in [1.54, 1.807) is 0 Å². The van der Waals surface area contributed by atoms with Crippen molar-refractivity contribution < 1.29 is 0 Å². The van der Waals surface area contributed by atoms with E-state index in [1.165, 1.54) is 31.3 Å². The molecule has 0 aliphatic heterocycles. The molecule has 69 valence electrons. The van der Waals surface area contributed by atoms with Crippen LogP contribution in [0.25, 0.3) is 0 Å². The minimum atomic E-state index is 1.03. The molecule has 0 aliphatic carbocycles. The summed E-state index contributed by atoms with van der Waals surface area (Å²) in [6, 6.07) is 0. The Morgan fingerprint density at radius 1 is 1.08 bits per heavy atom. The van der Waals surface area contributed by atoms with Crippen molar-refractivity contribution in [1.29, 1.82) is 0 Å². The van der Waals surface area contributed by atoms with E-state index in [-0.39, 0.29) is 0 Å². The van der Waals surface area contributed by atoms with Crippen LogP contribution in [0.5, 0.6) is 0 Å². The van der Waals surface area contributed by atoms with Gasteiger partial charge in [0.15, 0.2) is 0 Å². The third-order valence-electron chi connectivity index (χ3n) is 1.97. The van der Waals surface area contributed by atoms with Crippen molar-refractivity contribution >= 4 is 0 Å². The van der Waals surface area contributed by atoms with Gasteiger partial charge in [-0.1, -0.05) is 31.6 Å². The van der Waals surface area contributed by atoms with Crippen molar-refractivity contribution in [2.24, 2.45) is 0 Å². The van der Waals surface area contributed by atoms with Crippen LogP contribution in [0.1, 0.15) is 44.9 Å². The van der Waals surface area contributed by atoms with E-state index in [4.69, 9.17) is 0 Å². The minimum absolute atomic E-state index is 1.03. The smallest absolute Gasteiger partial charge is 0.0323 e. The van der Waals surface area contributed by atoms with Gasteiger partial charge in [-0.3, -0.25) is 0 Å². The van der Waals surface area contributed by atoms with Crippen LogP contribution in [-0.2, 0) is 0 Å². The lowest BCUT2D eigenvalue weighted by Gasteiger charge is -2.03. The first-order valence-electron chi connectivity index (χ1n) is 4.88. The van der Waals surface area contributed by atoms with Crippen LogP contribution in [0.2, 0.25) is 0 Å². The highest BCUT2D eigenvalue weighted by atomic mass is 14.0. The van der Waals surface area contributed by atoms with Crippen LogP contribution in [-0.4, -0.2) is 0 Å². The zero-order chi connectivity index (χ0) is 9.23. The second-order valence-corrected chi connectivity index (χ2v) is 3.24. The van der Waals surface area contributed by atoms with E-state index in [0.29, 0.717) is 0 Å². The summed E-state index contributed by atoms with van der Waals surface area (Å²) in [5.74, 6) is 0. The Hall–Kier alpha value is -0.520. The molecule has 0 nitrogen and oxygen atoms in total. The molecule has 0 N–H and O–H groups in total. The Morgan fingerprint density at radius 2 is 1.75 bits per heavy atom. The SMILES string of the molecule is [CH2]CCCC(=C)CCCCC=C. The Labute approximate surface area is 77.4 Å². The summed E-state index contributed by atoms with van der Waals surface area (Å²) < 4.78 is 0. The highest BCUT2D eigenvalue weighted by Crippen LogP contribution is 2.13.